The van der Waals surface area contributed by atoms with Crippen LogP contribution in [0.2, 0.25) is 0 Å². The largest absolute Gasteiger partial charge is 0.0888 e. The summed E-state index contributed by atoms with van der Waals surface area (Å²) < 4.78 is 0. The Balaban J connectivity index is 3.46. The lowest BCUT2D eigenvalue weighted by Gasteiger charge is -2.05. The van der Waals surface area contributed by atoms with Gasteiger partial charge in [-0.25, -0.2) is 0 Å². The molecule has 13 heavy (non-hydrogen) atoms. The van der Waals surface area contributed by atoms with Gasteiger partial charge in [-0.3, -0.25) is 0 Å². The van der Waals surface area contributed by atoms with Gasteiger partial charge in [0.1, 0.15) is 0 Å². The Hall–Kier alpha value is -0.520. The minimum absolute atomic E-state index is 0.832. The summed E-state index contributed by atoms with van der Waals surface area (Å²) in [6.07, 6.45) is 11.9. The second kappa shape index (κ2) is 8.10. The lowest BCUT2D eigenvalue weighted by atomic mass is 10.0. The van der Waals surface area contributed by atoms with E-state index in [2.05, 4.69) is 45.9 Å². The molecule has 0 radical (unpaired) electrons. The van der Waals surface area contributed by atoms with Crippen LogP contribution in [0.5, 0.6) is 0 Å². The van der Waals surface area contributed by atoms with Crippen molar-refractivity contribution >= 4 is 0 Å². The molecule has 0 amide bonds. The first-order chi connectivity index (χ1) is 6.16. The van der Waals surface area contributed by atoms with Crippen molar-refractivity contribution in [1.82, 2.24) is 0 Å². The van der Waals surface area contributed by atoms with E-state index in [1.54, 1.807) is 0 Å². The van der Waals surface area contributed by atoms with Crippen LogP contribution in [0, 0.1) is 5.92 Å². The molecular weight excluding hydrogens is 156 g/mol. The Bertz CT molecular complexity index is 159. The van der Waals surface area contributed by atoms with E-state index in [1.807, 2.05) is 0 Å². The third-order valence-corrected chi connectivity index (χ3v) is 2.15. The van der Waals surface area contributed by atoms with Crippen molar-refractivity contribution in [1.29, 1.82) is 0 Å². The highest BCUT2D eigenvalue weighted by atomic mass is 14.0. The van der Waals surface area contributed by atoms with Crippen LogP contribution in [-0.2, 0) is 0 Å². The van der Waals surface area contributed by atoms with Gasteiger partial charge in [-0.2, -0.15) is 0 Å². The zero-order valence-electron chi connectivity index (χ0n) is 9.64. The molecule has 0 aromatic heterocycles. The predicted octanol–water partition coefficient (Wildman–Crippen LogP) is 4.73. The van der Waals surface area contributed by atoms with E-state index in [-0.39, 0.29) is 0 Å². The first-order valence-corrected chi connectivity index (χ1v) is 5.45. The van der Waals surface area contributed by atoms with Gasteiger partial charge in [0.15, 0.2) is 0 Å². The molecule has 0 aliphatic heterocycles. The molecule has 0 aliphatic rings. The average Bonchev–Trinajstić information content (AvgIpc) is 2.04. The van der Waals surface area contributed by atoms with E-state index in [1.165, 1.54) is 31.3 Å². The molecule has 0 N–H and O–H groups in total. The van der Waals surface area contributed by atoms with Crippen LogP contribution in [0.4, 0.5) is 0 Å². The fourth-order valence-electron chi connectivity index (χ4n) is 1.27. The van der Waals surface area contributed by atoms with E-state index in [0.29, 0.717) is 0 Å². The SMILES string of the molecule is CC/C=C/CC(C)CCC=C(C)C. The van der Waals surface area contributed by atoms with Crippen molar-refractivity contribution in [3.8, 4) is 0 Å². The Kier molecular flexibility index (Phi) is 7.77. The van der Waals surface area contributed by atoms with Gasteiger partial charge in [-0.15, -0.1) is 0 Å². The summed E-state index contributed by atoms with van der Waals surface area (Å²) in [5.41, 5.74) is 1.44. The Morgan fingerprint density at radius 1 is 1.23 bits per heavy atom. The number of hydrogen-bond acceptors (Lipinski definition) is 0. The van der Waals surface area contributed by atoms with Gasteiger partial charge < -0.3 is 0 Å². The highest BCUT2D eigenvalue weighted by Crippen LogP contribution is 2.12. The third-order valence-electron chi connectivity index (χ3n) is 2.15. The second-order valence-electron chi connectivity index (χ2n) is 4.08. The molecule has 0 fully saturated rings. The Morgan fingerprint density at radius 3 is 2.46 bits per heavy atom. The maximum atomic E-state index is 2.33. The summed E-state index contributed by atoms with van der Waals surface area (Å²) in [7, 11) is 0. The van der Waals surface area contributed by atoms with Crippen molar-refractivity contribution in [2.45, 2.75) is 53.4 Å². The molecule has 0 saturated carbocycles. The van der Waals surface area contributed by atoms with Gasteiger partial charge in [0.05, 0.1) is 0 Å². The number of hydrogen-bond donors (Lipinski definition) is 0. The molecule has 0 aromatic rings. The topological polar surface area (TPSA) is 0 Å². The zero-order chi connectivity index (χ0) is 10.1. The number of allylic oxidation sites excluding steroid dienone is 4. The monoisotopic (exact) mass is 180 g/mol. The summed E-state index contributed by atoms with van der Waals surface area (Å²) in [6.45, 7) is 8.85. The van der Waals surface area contributed by atoms with E-state index < -0.39 is 0 Å². The van der Waals surface area contributed by atoms with Crippen molar-refractivity contribution in [3.63, 3.8) is 0 Å². The van der Waals surface area contributed by atoms with Crippen LogP contribution in [0.25, 0.3) is 0 Å². The van der Waals surface area contributed by atoms with Crippen LogP contribution in [0.3, 0.4) is 0 Å². The minimum Gasteiger partial charge on any atom is -0.0888 e. The van der Waals surface area contributed by atoms with Crippen molar-refractivity contribution in [2.75, 3.05) is 0 Å². The summed E-state index contributed by atoms with van der Waals surface area (Å²) in [4.78, 5) is 0. The maximum absolute atomic E-state index is 2.33. The fourth-order valence-corrected chi connectivity index (χ4v) is 1.27. The normalized spacial score (nSPS) is 13.2. The lowest BCUT2D eigenvalue weighted by Crippen LogP contribution is -1.91. The Morgan fingerprint density at radius 2 is 1.92 bits per heavy atom. The summed E-state index contributed by atoms with van der Waals surface area (Å²) in [5.74, 6) is 0.832. The molecule has 0 bridgehead atoms. The van der Waals surface area contributed by atoms with E-state index >= 15 is 0 Å². The molecule has 1 atom stereocenters. The van der Waals surface area contributed by atoms with Crippen LogP contribution in [0.1, 0.15) is 53.4 Å². The van der Waals surface area contributed by atoms with E-state index in [4.69, 9.17) is 0 Å². The van der Waals surface area contributed by atoms with Crippen LogP contribution < -0.4 is 0 Å². The lowest BCUT2D eigenvalue weighted by molar-refractivity contribution is 0.545. The van der Waals surface area contributed by atoms with Crippen molar-refractivity contribution < 1.29 is 0 Å². The van der Waals surface area contributed by atoms with E-state index in [9.17, 15) is 0 Å². The smallest absolute Gasteiger partial charge is 0.0325 e. The van der Waals surface area contributed by atoms with Gasteiger partial charge in [0.2, 0.25) is 0 Å². The molecule has 0 nitrogen and oxygen atoms in total. The van der Waals surface area contributed by atoms with Gasteiger partial charge >= 0.3 is 0 Å². The number of rotatable bonds is 6. The molecular formula is C13H24. The minimum atomic E-state index is 0.832. The van der Waals surface area contributed by atoms with Crippen molar-refractivity contribution in [3.05, 3.63) is 23.8 Å². The van der Waals surface area contributed by atoms with Gasteiger partial charge in [-0.05, 0) is 45.4 Å². The van der Waals surface area contributed by atoms with Gasteiger partial charge in [0, 0.05) is 0 Å². The van der Waals surface area contributed by atoms with Crippen LogP contribution in [-0.4, -0.2) is 0 Å². The highest BCUT2D eigenvalue weighted by molar-refractivity contribution is 4.93. The van der Waals surface area contributed by atoms with Gasteiger partial charge in [-0.1, -0.05) is 37.6 Å². The van der Waals surface area contributed by atoms with E-state index in [0.717, 1.165) is 5.92 Å². The fraction of sp³-hybridized carbons (Fsp3) is 0.692. The molecule has 0 spiro atoms. The molecule has 0 aromatic carbocycles. The summed E-state index contributed by atoms with van der Waals surface area (Å²) >= 11 is 0. The van der Waals surface area contributed by atoms with Crippen molar-refractivity contribution in [2.24, 2.45) is 5.92 Å². The molecule has 0 rings (SSSR count). The van der Waals surface area contributed by atoms with Crippen LogP contribution >= 0.6 is 0 Å². The Labute approximate surface area is 83.7 Å². The third kappa shape index (κ3) is 9.39. The first-order valence-electron chi connectivity index (χ1n) is 5.45. The second-order valence-corrected chi connectivity index (χ2v) is 4.08. The molecule has 1 unspecified atom stereocenters. The zero-order valence-corrected chi connectivity index (χ0v) is 9.64. The maximum Gasteiger partial charge on any atom is -0.0325 e. The molecule has 0 heterocycles. The van der Waals surface area contributed by atoms with Crippen LogP contribution in [0.15, 0.2) is 23.8 Å². The average molecular weight is 180 g/mol. The first kappa shape index (κ1) is 12.5. The molecule has 76 valence electrons. The highest BCUT2D eigenvalue weighted by Gasteiger charge is 1.96. The van der Waals surface area contributed by atoms with Gasteiger partial charge in [0.25, 0.3) is 0 Å². The summed E-state index contributed by atoms with van der Waals surface area (Å²) in [5, 5.41) is 0. The predicted molar refractivity (Wildman–Crippen MR) is 61.9 cm³/mol. The standard InChI is InChI=1S/C13H24/c1-5-6-7-10-13(4)11-8-9-12(2)3/h6-7,9,13H,5,8,10-11H2,1-4H3/b7-6+. The molecule has 0 saturated heterocycles. The quantitative estimate of drug-likeness (QED) is 0.519. The molecule has 0 aliphatic carbocycles. The summed E-state index contributed by atoms with van der Waals surface area (Å²) in [6, 6.07) is 0. The molecule has 0 heteroatoms.